The lowest BCUT2D eigenvalue weighted by atomic mass is 10.2. The molecule has 1 aromatic heterocycles. The topological polar surface area (TPSA) is 93.2 Å². The number of hydrogen-bond acceptors (Lipinski definition) is 4. The highest BCUT2D eigenvalue weighted by atomic mass is 16.5. The van der Waals surface area contributed by atoms with Gasteiger partial charge in [0.2, 0.25) is 0 Å². The molecule has 6 nitrogen and oxygen atoms in total. The van der Waals surface area contributed by atoms with Crippen molar-refractivity contribution in [1.82, 2.24) is 15.3 Å². The maximum absolute atomic E-state index is 11.2. The molecule has 4 N–H and O–H groups in total. The van der Waals surface area contributed by atoms with Crippen molar-refractivity contribution in [1.29, 1.82) is 0 Å². The number of aromatic nitrogens is 2. The first kappa shape index (κ1) is 11.2. The fourth-order valence-electron chi connectivity index (χ4n) is 1.48. The molecule has 0 spiro atoms. The van der Waals surface area contributed by atoms with Crippen LogP contribution in [-0.4, -0.2) is 20.9 Å². The highest BCUT2D eigenvalue weighted by molar-refractivity contribution is 5.97. The summed E-state index contributed by atoms with van der Waals surface area (Å²) in [5.41, 5.74) is 9.31. The molecule has 6 heteroatoms. The van der Waals surface area contributed by atoms with Gasteiger partial charge in [-0.2, -0.15) is 5.10 Å². The second-order valence-electron chi connectivity index (χ2n) is 3.63. The summed E-state index contributed by atoms with van der Waals surface area (Å²) in [6.07, 6.45) is 1.31. The van der Waals surface area contributed by atoms with Gasteiger partial charge in [-0.3, -0.25) is 10.0 Å². The van der Waals surface area contributed by atoms with Crippen LogP contribution in [0.1, 0.15) is 15.9 Å². The van der Waals surface area contributed by atoms with Crippen LogP contribution in [0.4, 0.5) is 5.82 Å². The molecule has 1 amide bonds. The van der Waals surface area contributed by atoms with Crippen LogP contribution in [0.25, 0.3) is 5.69 Å². The molecule has 0 bridgehead atoms. The number of rotatable bonds is 2. The molecule has 0 aliphatic rings. The van der Waals surface area contributed by atoms with Gasteiger partial charge in [-0.25, -0.2) is 10.2 Å². The molecule has 0 unspecified atom stereocenters. The minimum atomic E-state index is -0.680. The Kier molecular flexibility index (Phi) is 2.80. The Bertz CT molecular complexity index is 545. The van der Waals surface area contributed by atoms with E-state index in [1.165, 1.54) is 16.4 Å². The second-order valence-corrected chi connectivity index (χ2v) is 3.63. The molecule has 1 aromatic carbocycles. The summed E-state index contributed by atoms with van der Waals surface area (Å²) in [5, 5.41) is 12.5. The lowest BCUT2D eigenvalue weighted by Crippen LogP contribution is -2.19. The Morgan fingerprint density at radius 1 is 1.41 bits per heavy atom. The van der Waals surface area contributed by atoms with E-state index in [-0.39, 0.29) is 11.4 Å². The maximum Gasteiger partial charge on any atom is 0.280 e. The highest BCUT2D eigenvalue weighted by Crippen LogP contribution is 2.17. The Morgan fingerprint density at radius 2 is 2.06 bits per heavy atom. The number of carbonyl (C=O) groups is 1. The van der Waals surface area contributed by atoms with E-state index < -0.39 is 5.91 Å². The molecular formula is C11H12N4O2. The van der Waals surface area contributed by atoms with Gasteiger partial charge in [0, 0.05) is 0 Å². The fourth-order valence-corrected chi connectivity index (χ4v) is 1.48. The summed E-state index contributed by atoms with van der Waals surface area (Å²) in [4.78, 5) is 11.2. The molecule has 0 atom stereocenters. The number of hydrogen-bond donors (Lipinski definition) is 3. The van der Waals surface area contributed by atoms with Crippen molar-refractivity contribution in [3.05, 3.63) is 41.6 Å². The number of aryl methyl sites for hydroxylation is 1. The van der Waals surface area contributed by atoms with Crippen molar-refractivity contribution in [3.63, 3.8) is 0 Å². The van der Waals surface area contributed by atoms with Gasteiger partial charge in [-0.1, -0.05) is 17.7 Å². The molecule has 0 aliphatic carbocycles. The van der Waals surface area contributed by atoms with Gasteiger partial charge in [0.15, 0.2) is 0 Å². The molecular weight excluding hydrogens is 220 g/mol. The van der Waals surface area contributed by atoms with E-state index >= 15 is 0 Å². The maximum atomic E-state index is 11.2. The van der Waals surface area contributed by atoms with Crippen molar-refractivity contribution in [3.8, 4) is 5.69 Å². The van der Waals surface area contributed by atoms with Gasteiger partial charge < -0.3 is 5.73 Å². The number of carbonyl (C=O) groups excluding carboxylic acids is 1. The fraction of sp³-hybridized carbons (Fsp3) is 0.0909. The minimum Gasteiger partial charge on any atom is -0.383 e. The van der Waals surface area contributed by atoms with Crippen molar-refractivity contribution in [2.24, 2.45) is 0 Å². The molecule has 2 rings (SSSR count). The molecule has 0 radical (unpaired) electrons. The van der Waals surface area contributed by atoms with Gasteiger partial charge >= 0.3 is 0 Å². The lowest BCUT2D eigenvalue weighted by Gasteiger charge is -2.04. The average Bonchev–Trinajstić information content (AvgIpc) is 2.71. The first-order chi connectivity index (χ1) is 8.13. The number of benzene rings is 1. The van der Waals surface area contributed by atoms with E-state index in [9.17, 15) is 4.79 Å². The SMILES string of the molecule is Cc1ccc(-n2ncc(C(=O)NO)c2N)cc1. The van der Waals surface area contributed by atoms with Gasteiger partial charge in [-0.15, -0.1) is 0 Å². The van der Waals surface area contributed by atoms with Crippen molar-refractivity contribution in [2.75, 3.05) is 5.73 Å². The second kappa shape index (κ2) is 4.26. The molecule has 0 fully saturated rings. The number of nitrogens with one attached hydrogen (secondary N) is 1. The number of anilines is 1. The number of hydroxylamine groups is 1. The third kappa shape index (κ3) is 1.98. The van der Waals surface area contributed by atoms with Crippen molar-refractivity contribution in [2.45, 2.75) is 6.92 Å². The standard InChI is InChI=1S/C11H12N4O2/c1-7-2-4-8(5-3-7)15-10(12)9(6-13-15)11(16)14-17/h2-6,17H,12H2,1H3,(H,14,16). The summed E-state index contributed by atoms with van der Waals surface area (Å²) in [5.74, 6) is -0.499. The van der Waals surface area contributed by atoms with Gasteiger partial charge in [0.25, 0.3) is 5.91 Å². The summed E-state index contributed by atoms with van der Waals surface area (Å²) >= 11 is 0. The van der Waals surface area contributed by atoms with Gasteiger partial charge in [0.05, 0.1) is 11.9 Å². The molecule has 1 heterocycles. The van der Waals surface area contributed by atoms with Gasteiger partial charge in [-0.05, 0) is 19.1 Å². The zero-order valence-corrected chi connectivity index (χ0v) is 9.21. The van der Waals surface area contributed by atoms with Crippen LogP contribution in [0.5, 0.6) is 0 Å². The zero-order valence-electron chi connectivity index (χ0n) is 9.21. The third-order valence-corrected chi connectivity index (χ3v) is 2.43. The summed E-state index contributed by atoms with van der Waals surface area (Å²) < 4.78 is 1.43. The Balaban J connectivity index is 2.44. The zero-order chi connectivity index (χ0) is 12.4. The number of nitrogen functional groups attached to an aromatic ring is 1. The van der Waals surface area contributed by atoms with Crippen LogP contribution >= 0.6 is 0 Å². The van der Waals surface area contributed by atoms with E-state index in [0.29, 0.717) is 0 Å². The van der Waals surface area contributed by atoms with E-state index in [1.807, 2.05) is 31.2 Å². The number of amides is 1. The van der Waals surface area contributed by atoms with Crippen LogP contribution in [0.3, 0.4) is 0 Å². The molecule has 2 aromatic rings. The number of nitrogens with zero attached hydrogens (tertiary/aromatic N) is 2. The third-order valence-electron chi connectivity index (χ3n) is 2.43. The van der Waals surface area contributed by atoms with Crippen LogP contribution < -0.4 is 11.2 Å². The van der Waals surface area contributed by atoms with Gasteiger partial charge in [0.1, 0.15) is 11.4 Å². The molecule has 88 valence electrons. The molecule has 17 heavy (non-hydrogen) atoms. The first-order valence-electron chi connectivity index (χ1n) is 4.98. The van der Waals surface area contributed by atoms with E-state index in [2.05, 4.69) is 5.10 Å². The summed E-state index contributed by atoms with van der Waals surface area (Å²) in [6, 6.07) is 7.53. The first-order valence-corrected chi connectivity index (χ1v) is 4.98. The van der Waals surface area contributed by atoms with Crippen molar-refractivity contribution >= 4 is 11.7 Å². The smallest absolute Gasteiger partial charge is 0.280 e. The Morgan fingerprint density at radius 3 is 2.65 bits per heavy atom. The Hall–Kier alpha value is -2.34. The van der Waals surface area contributed by atoms with Crippen LogP contribution in [0.15, 0.2) is 30.5 Å². The Labute approximate surface area is 97.6 Å². The summed E-state index contributed by atoms with van der Waals surface area (Å²) in [6.45, 7) is 1.97. The van der Waals surface area contributed by atoms with Crippen molar-refractivity contribution < 1.29 is 10.0 Å². The van der Waals surface area contributed by atoms with E-state index in [1.54, 1.807) is 0 Å². The lowest BCUT2D eigenvalue weighted by molar-refractivity contribution is 0.0707. The van der Waals surface area contributed by atoms with Crippen LogP contribution in [-0.2, 0) is 0 Å². The van der Waals surface area contributed by atoms with Crippen LogP contribution in [0, 0.1) is 6.92 Å². The predicted octanol–water partition coefficient (Wildman–Crippen LogP) is 0.882. The molecule has 0 saturated carbocycles. The van der Waals surface area contributed by atoms with Crippen LogP contribution in [0.2, 0.25) is 0 Å². The summed E-state index contributed by atoms with van der Waals surface area (Å²) in [7, 11) is 0. The molecule has 0 aliphatic heterocycles. The quantitative estimate of drug-likeness (QED) is 0.529. The van der Waals surface area contributed by atoms with E-state index in [4.69, 9.17) is 10.9 Å². The predicted molar refractivity (Wildman–Crippen MR) is 62.0 cm³/mol. The number of nitrogens with two attached hydrogens (primary N) is 1. The largest absolute Gasteiger partial charge is 0.383 e. The normalized spacial score (nSPS) is 10.2. The molecule has 0 saturated heterocycles. The van der Waals surface area contributed by atoms with E-state index in [0.717, 1.165) is 11.3 Å². The minimum absolute atomic E-state index is 0.132. The monoisotopic (exact) mass is 232 g/mol. The average molecular weight is 232 g/mol. The highest BCUT2D eigenvalue weighted by Gasteiger charge is 2.15.